The van der Waals surface area contributed by atoms with Crippen molar-refractivity contribution in [2.75, 3.05) is 6.61 Å². The van der Waals surface area contributed by atoms with Gasteiger partial charge in [0.05, 0.1) is 12.1 Å². The van der Waals surface area contributed by atoms with Crippen LogP contribution in [0.4, 0.5) is 0 Å². The van der Waals surface area contributed by atoms with Crippen LogP contribution in [-0.2, 0) is 4.79 Å². The Bertz CT molecular complexity index is 256. The molecule has 1 fully saturated rings. The molecule has 2 N–H and O–H groups in total. The van der Waals surface area contributed by atoms with Gasteiger partial charge in [0.1, 0.15) is 0 Å². The summed E-state index contributed by atoms with van der Waals surface area (Å²) < 4.78 is 0. The lowest BCUT2D eigenvalue weighted by molar-refractivity contribution is -0.118. The van der Waals surface area contributed by atoms with Crippen molar-refractivity contribution in [1.82, 2.24) is 5.32 Å². The van der Waals surface area contributed by atoms with Crippen LogP contribution in [0.25, 0.3) is 0 Å². The highest BCUT2D eigenvalue weighted by Gasteiger charge is 2.32. The van der Waals surface area contributed by atoms with Crippen molar-refractivity contribution in [3.05, 3.63) is 0 Å². The van der Waals surface area contributed by atoms with Crippen molar-refractivity contribution in [3.8, 4) is 11.8 Å². The Hall–Kier alpha value is -1.01. The second kappa shape index (κ2) is 5.02. The molecule has 0 heterocycles. The Kier molecular flexibility index (Phi) is 3.97. The average molecular weight is 195 g/mol. The van der Waals surface area contributed by atoms with E-state index in [1.807, 2.05) is 0 Å². The zero-order valence-corrected chi connectivity index (χ0v) is 8.60. The minimum Gasteiger partial charge on any atom is -0.394 e. The van der Waals surface area contributed by atoms with Gasteiger partial charge in [-0.05, 0) is 25.7 Å². The van der Waals surface area contributed by atoms with Crippen molar-refractivity contribution in [1.29, 1.82) is 0 Å². The molecule has 0 bridgehead atoms. The molecule has 1 aliphatic rings. The molecule has 0 unspecified atom stereocenters. The van der Waals surface area contributed by atoms with Crippen molar-refractivity contribution < 1.29 is 9.90 Å². The van der Waals surface area contributed by atoms with Gasteiger partial charge < -0.3 is 10.4 Å². The summed E-state index contributed by atoms with van der Waals surface area (Å²) in [6, 6.07) is 0. The van der Waals surface area contributed by atoms with E-state index < -0.39 is 5.54 Å². The van der Waals surface area contributed by atoms with E-state index in [-0.39, 0.29) is 12.5 Å². The zero-order chi connectivity index (χ0) is 10.4. The first-order valence-corrected chi connectivity index (χ1v) is 5.08. The van der Waals surface area contributed by atoms with Crippen LogP contribution in [0.1, 0.15) is 39.0 Å². The largest absolute Gasteiger partial charge is 0.394 e. The highest BCUT2D eigenvalue weighted by molar-refractivity contribution is 5.93. The molecule has 0 aromatic carbocycles. The highest BCUT2D eigenvalue weighted by Crippen LogP contribution is 2.27. The number of nitrogens with one attached hydrogen (secondary N) is 1. The number of carbonyl (C=O) groups is 1. The smallest absolute Gasteiger partial charge is 0.296 e. The number of carbonyl (C=O) groups excluding carboxylic acids is 1. The van der Waals surface area contributed by atoms with Crippen molar-refractivity contribution in [2.45, 2.75) is 44.6 Å². The van der Waals surface area contributed by atoms with Gasteiger partial charge in [0.15, 0.2) is 0 Å². The van der Waals surface area contributed by atoms with Gasteiger partial charge in [-0.1, -0.05) is 25.2 Å². The Morgan fingerprint density at radius 1 is 1.43 bits per heavy atom. The Labute approximate surface area is 84.9 Å². The molecule has 3 nitrogen and oxygen atoms in total. The van der Waals surface area contributed by atoms with Gasteiger partial charge >= 0.3 is 0 Å². The zero-order valence-electron chi connectivity index (χ0n) is 8.60. The topological polar surface area (TPSA) is 49.3 Å². The maximum absolute atomic E-state index is 11.3. The monoisotopic (exact) mass is 195 g/mol. The third kappa shape index (κ3) is 2.74. The molecule has 0 atom stereocenters. The molecule has 0 aromatic heterocycles. The van der Waals surface area contributed by atoms with E-state index >= 15 is 0 Å². The van der Waals surface area contributed by atoms with Crippen LogP contribution < -0.4 is 5.32 Å². The van der Waals surface area contributed by atoms with E-state index in [9.17, 15) is 9.90 Å². The molecule has 78 valence electrons. The standard InChI is InChI=1S/C11H17NO2/c1-2-6-10(14)12-11(9-13)7-4-3-5-8-11/h13H,3-5,7-9H2,1H3,(H,12,14). The molecule has 0 aliphatic heterocycles. The molecule has 1 amide bonds. The molecule has 14 heavy (non-hydrogen) atoms. The summed E-state index contributed by atoms with van der Waals surface area (Å²) in [6.45, 7) is 1.65. The molecule has 0 radical (unpaired) electrons. The summed E-state index contributed by atoms with van der Waals surface area (Å²) in [6.07, 6.45) is 5.05. The van der Waals surface area contributed by atoms with Crippen molar-refractivity contribution >= 4 is 5.91 Å². The molecular weight excluding hydrogens is 178 g/mol. The first-order chi connectivity index (χ1) is 6.72. The summed E-state index contributed by atoms with van der Waals surface area (Å²) in [5.41, 5.74) is -0.404. The minimum absolute atomic E-state index is 0.0180. The fraction of sp³-hybridized carbons (Fsp3) is 0.727. The van der Waals surface area contributed by atoms with Gasteiger partial charge in [-0.25, -0.2) is 0 Å². The fourth-order valence-corrected chi connectivity index (χ4v) is 1.94. The summed E-state index contributed by atoms with van der Waals surface area (Å²) in [5.74, 6) is 4.72. The summed E-state index contributed by atoms with van der Waals surface area (Å²) in [4.78, 5) is 11.3. The van der Waals surface area contributed by atoms with Gasteiger partial charge in [-0.3, -0.25) is 4.79 Å². The molecule has 3 heteroatoms. The molecule has 1 aliphatic carbocycles. The second-order valence-electron chi connectivity index (χ2n) is 3.83. The molecule has 1 saturated carbocycles. The Morgan fingerprint density at radius 3 is 2.57 bits per heavy atom. The quantitative estimate of drug-likeness (QED) is 0.641. The van der Waals surface area contributed by atoms with Crippen LogP contribution in [0.15, 0.2) is 0 Å². The van der Waals surface area contributed by atoms with E-state index in [1.165, 1.54) is 6.42 Å². The number of aliphatic hydroxyl groups is 1. The van der Waals surface area contributed by atoms with Crippen LogP contribution >= 0.6 is 0 Å². The van der Waals surface area contributed by atoms with Gasteiger partial charge in [0, 0.05) is 0 Å². The van der Waals surface area contributed by atoms with Crippen LogP contribution in [0.5, 0.6) is 0 Å². The summed E-state index contributed by atoms with van der Waals surface area (Å²) in [7, 11) is 0. The average Bonchev–Trinajstić information content (AvgIpc) is 2.19. The first-order valence-electron chi connectivity index (χ1n) is 5.08. The number of hydrogen-bond acceptors (Lipinski definition) is 2. The maximum atomic E-state index is 11.3. The lowest BCUT2D eigenvalue weighted by atomic mass is 9.82. The molecule has 0 aromatic rings. The lowest BCUT2D eigenvalue weighted by Crippen LogP contribution is -2.52. The fourth-order valence-electron chi connectivity index (χ4n) is 1.94. The van der Waals surface area contributed by atoms with Gasteiger partial charge in [-0.15, -0.1) is 0 Å². The number of rotatable bonds is 2. The second-order valence-corrected chi connectivity index (χ2v) is 3.83. The predicted octanol–water partition coefficient (Wildman–Crippen LogP) is 0.821. The number of aliphatic hydroxyl groups excluding tert-OH is 1. The van der Waals surface area contributed by atoms with Crippen LogP contribution in [-0.4, -0.2) is 23.2 Å². The number of amides is 1. The molecule has 0 spiro atoms. The maximum Gasteiger partial charge on any atom is 0.296 e. The molecule has 1 rings (SSSR count). The first kappa shape index (κ1) is 11.1. The van der Waals surface area contributed by atoms with E-state index in [0.717, 1.165) is 25.7 Å². The predicted molar refractivity (Wildman–Crippen MR) is 54.5 cm³/mol. The van der Waals surface area contributed by atoms with Gasteiger partial charge in [0.2, 0.25) is 0 Å². The summed E-state index contributed by atoms with van der Waals surface area (Å²) >= 11 is 0. The van der Waals surface area contributed by atoms with Crippen LogP contribution in [0, 0.1) is 11.8 Å². The number of hydrogen-bond donors (Lipinski definition) is 2. The SMILES string of the molecule is CC#CC(=O)NC1(CO)CCCCC1. The van der Waals surface area contributed by atoms with Crippen LogP contribution in [0.2, 0.25) is 0 Å². The van der Waals surface area contributed by atoms with E-state index in [4.69, 9.17) is 0 Å². The third-order valence-electron chi connectivity index (χ3n) is 2.73. The molecular formula is C11H17NO2. The van der Waals surface area contributed by atoms with Crippen LogP contribution in [0.3, 0.4) is 0 Å². The minimum atomic E-state index is -0.404. The normalized spacial score (nSPS) is 19.3. The van der Waals surface area contributed by atoms with Gasteiger partial charge in [0.25, 0.3) is 5.91 Å². The lowest BCUT2D eigenvalue weighted by Gasteiger charge is -2.35. The van der Waals surface area contributed by atoms with E-state index in [0.29, 0.717) is 0 Å². The van der Waals surface area contributed by atoms with Crippen molar-refractivity contribution in [2.24, 2.45) is 0 Å². The highest BCUT2D eigenvalue weighted by atomic mass is 16.3. The summed E-state index contributed by atoms with van der Waals surface area (Å²) in [5, 5.41) is 12.1. The van der Waals surface area contributed by atoms with Gasteiger partial charge in [-0.2, -0.15) is 0 Å². The van der Waals surface area contributed by atoms with E-state index in [2.05, 4.69) is 17.2 Å². The molecule has 0 saturated heterocycles. The Balaban J connectivity index is 2.58. The Morgan fingerprint density at radius 2 is 2.07 bits per heavy atom. The third-order valence-corrected chi connectivity index (χ3v) is 2.73. The van der Waals surface area contributed by atoms with Crippen molar-refractivity contribution in [3.63, 3.8) is 0 Å². The van der Waals surface area contributed by atoms with E-state index in [1.54, 1.807) is 6.92 Å².